The van der Waals surface area contributed by atoms with Crippen LogP contribution in [-0.2, 0) is 28.8 Å². The normalized spacial score (nSPS) is 14.5. The molecule has 0 aliphatic heterocycles. The van der Waals surface area contributed by atoms with Gasteiger partial charge in [0.25, 0.3) is 0 Å². The number of hydrogen-bond donors (Lipinski definition) is 0. The van der Waals surface area contributed by atoms with E-state index in [-0.39, 0.29) is 0 Å². The Kier molecular flexibility index (Phi) is 3.54. The molecule has 0 atom stereocenters. The Morgan fingerprint density at radius 2 is 1.15 bits per heavy atom. The van der Waals surface area contributed by atoms with Crippen LogP contribution in [0.5, 0.6) is 0 Å². The van der Waals surface area contributed by atoms with Crippen molar-refractivity contribution >= 4 is 29.6 Å². The second-order valence-corrected chi connectivity index (χ2v) is 8.06. The van der Waals surface area contributed by atoms with Gasteiger partial charge in [0.1, 0.15) is 0 Å². The molecule has 80 valence electrons. The highest BCUT2D eigenvalue weighted by atomic mass is 32.3. The average Bonchev–Trinajstić information content (AvgIpc) is 1.43. The second kappa shape index (κ2) is 3.57. The lowest BCUT2D eigenvalue weighted by Gasteiger charge is -2.15. The molecule has 0 saturated heterocycles. The summed E-state index contributed by atoms with van der Waals surface area (Å²) in [5.74, 6) is 0. The van der Waals surface area contributed by atoms with E-state index < -0.39 is 29.6 Å². The molecular formula is C2H6F2O6S2Si. The molecule has 0 fully saturated rings. The Balaban J connectivity index is 4.62. The van der Waals surface area contributed by atoms with Crippen molar-refractivity contribution in [1.29, 1.82) is 0 Å². The van der Waals surface area contributed by atoms with Gasteiger partial charge in [0, 0.05) is 0 Å². The van der Waals surface area contributed by atoms with Gasteiger partial charge < -0.3 is 0 Å². The van der Waals surface area contributed by atoms with Crippen molar-refractivity contribution in [2.75, 3.05) is 0 Å². The Hall–Kier alpha value is -0.103. The Bertz CT molecular complexity index is 333. The van der Waals surface area contributed by atoms with Crippen LogP contribution in [-0.4, -0.2) is 25.4 Å². The van der Waals surface area contributed by atoms with E-state index in [9.17, 15) is 24.6 Å². The van der Waals surface area contributed by atoms with Gasteiger partial charge in [0.15, 0.2) is 0 Å². The van der Waals surface area contributed by atoms with E-state index in [1.807, 2.05) is 0 Å². The lowest BCUT2D eigenvalue weighted by Crippen LogP contribution is -2.37. The zero-order chi connectivity index (χ0) is 10.9. The third-order valence-corrected chi connectivity index (χ3v) is 5.40. The molecule has 0 aromatic heterocycles. The lowest BCUT2D eigenvalue weighted by atomic mass is 11.9. The fraction of sp³-hybridized carbons (Fsp3) is 1.00. The first-order valence-electron chi connectivity index (χ1n) is 2.72. The molecule has 0 amide bonds. The van der Waals surface area contributed by atoms with E-state index in [2.05, 4.69) is 7.74 Å². The SMILES string of the molecule is C[Si](C)(OS(=O)(=O)F)OS(=O)(=O)F. The van der Waals surface area contributed by atoms with E-state index in [0.29, 0.717) is 0 Å². The summed E-state index contributed by atoms with van der Waals surface area (Å²) in [6, 6.07) is 0. The van der Waals surface area contributed by atoms with Crippen molar-refractivity contribution in [1.82, 2.24) is 0 Å². The first-order chi connectivity index (χ1) is 5.41. The van der Waals surface area contributed by atoms with Crippen LogP contribution in [0.3, 0.4) is 0 Å². The molecule has 13 heavy (non-hydrogen) atoms. The Morgan fingerprint density at radius 3 is 1.31 bits per heavy atom. The third-order valence-electron chi connectivity index (χ3n) is 0.600. The molecule has 0 heterocycles. The topological polar surface area (TPSA) is 86.7 Å². The summed E-state index contributed by atoms with van der Waals surface area (Å²) in [6.45, 7) is 1.70. The maximum Gasteiger partial charge on any atom is 0.429 e. The molecule has 0 aliphatic carbocycles. The van der Waals surface area contributed by atoms with E-state index in [1.165, 1.54) is 0 Å². The van der Waals surface area contributed by atoms with Crippen molar-refractivity contribution < 1.29 is 32.4 Å². The molecular weight excluding hydrogens is 250 g/mol. The van der Waals surface area contributed by atoms with Crippen LogP contribution in [0, 0.1) is 0 Å². The molecule has 0 bridgehead atoms. The standard InChI is InChI=1S/C2H6F2O6S2Si/c1-13(2,9-11(3,5)6)10-12(4,7)8/h1-2H3. The Morgan fingerprint density at radius 1 is 0.923 bits per heavy atom. The summed E-state index contributed by atoms with van der Waals surface area (Å²) in [4.78, 5) is 0. The fourth-order valence-corrected chi connectivity index (χ4v) is 4.69. The number of halogens is 2. The van der Waals surface area contributed by atoms with Crippen molar-refractivity contribution in [3.8, 4) is 0 Å². The summed E-state index contributed by atoms with van der Waals surface area (Å²) in [6.07, 6.45) is 0. The molecule has 0 radical (unpaired) electrons. The van der Waals surface area contributed by atoms with Crippen LogP contribution >= 0.6 is 0 Å². The van der Waals surface area contributed by atoms with Gasteiger partial charge in [-0.1, -0.05) is 7.77 Å². The predicted octanol–water partition coefficient (Wildman–Crippen LogP) is 0.150. The smallest absolute Gasteiger partial charge is 0.259 e. The van der Waals surface area contributed by atoms with E-state index in [0.717, 1.165) is 13.1 Å². The molecule has 0 spiro atoms. The highest BCUT2D eigenvalue weighted by Gasteiger charge is 2.37. The summed E-state index contributed by atoms with van der Waals surface area (Å²) < 4.78 is 70.4. The minimum absolute atomic E-state index is 0.848. The van der Waals surface area contributed by atoms with Gasteiger partial charge >= 0.3 is 29.6 Å². The summed E-state index contributed by atoms with van der Waals surface area (Å²) in [7, 11) is -14.6. The van der Waals surface area contributed by atoms with Gasteiger partial charge in [-0.05, 0) is 13.1 Å². The predicted molar refractivity (Wildman–Crippen MR) is 39.7 cm³/mol. The molecule has 0 aliphatic rings. The molecule has 0 aromatic carbocycles. The lowest BCUT2D eigenvalue weighted by molar-refractivity contribution is 0.353. The largest absolute Gasteiger partial charge is 0.429 e. The van der Waals surface area contributed by atoms with Crippen molar-refractivity contribution in [3.05, 3.63) is 0 Å². The third kappa shape index (κ3) is 8.23. The summed E-state index contributed by atoms with van der Waals surface area (Å²) in [5, 5.41) is 0. The van der Waals surface area contributed by atoms with Crippen LogP contribution in [0.15, 0.2) is 0 Å². The number of rotatable bonds is 4. The van der Waals surface area contributed by atoms with Crippen LogP contribution in [0.4, 0.5) is 7.77 Å². The summed E-state index contributed by atoms with van der Waals surface area (Å²) in [5.41, 5.74) is 0. The molecule has 6 nitrogen and oxygen atoms in total. The van der Waals surface area contributed by atoms with Gasteiger partial charge in [-0.2, -0.15) is 16.8 Å². The van der Waals surface area contributed by atoms with Crippen LogP contribution in [0.25, 0.3) is 0 Å². The molecule has 0 N–H and O–H groups in total. The van der Waals surface area contributed by atoms with Crippen molar-refractivity contribution in [2.24, 2.45) is 0 Å². The van der Waals surface area contributed by atoms with E-state index >= 15 is 0 Å². The van der Waals surface area contributed by atoms with Gasteiger partial charge in [-0.25, -0.2) is 0 Å². The number of hydrogen-bond acceptors (Lipinski definition) is 6. The van der Waals surface area contributed by atoms with Crippen LogP contribution < -0.4 is 0 Å². The van der Waals surface area contributed by atoms with E-state index in [4.69, 9.17) is 0 Å². The fourth-order valence-electron chi connectivity index (χ4n) is 0.493. The first kappa shape index (κ1) is 12.9. The first-order valence-corrected chi connectivity index (χ1v) is 8.15. The van der Waals surface area contributed by atoms with Crippen LogP contribution in [0.1, 0.15) is 0 Å². The zero-order valence-electron chi connectivity index (χ0n) is 6.52. The van der Waals surface area contributed by atoms with Crippen LogP contribution in [0.2, 0.25) is 13.1 Å². The second-order valence-electron chi connectivity index (χ2n) is 2.35. The van der Waals surface area contributed by atoms with E-state index in [1.54, 1.807) is 0 Å². The van der Waals surface area contributed by atoms with Gasteiger partial charge in [0.05, 0.1) is 0 Å². The molecule has 0 rings (SSSR count). The maximum atomic E-state index is 11.8. The minimum Gasteiger partial charge on any atom is -0.259 e. The van der Waals surface area contributed by atoms with Gasteiger partial charge in [0.2, 0.25) is 0 Å². The molecule has 11 heteroatoms. The monoisotopic (exact) mass is 256 g/mol. The average molecular weight is 256 g/mol. The minimum atomic E-state index is -5.35. The highest BCUT2D eigenvalue weighted by Crippen LogP contribution is 2.15. The Labute approximate surface area is 75.5 Å². The quantitative estimate of drug-likeness (QED) is 0.525. The van der Waals surface area contributed by atoms with Gasteiger partial charge in [-0.15, -0.1) is 0 Å². The molecule has 0 saturated carbocycles. The van der Waals surface area contributed by atoms with Gasteiger partial charge in [-0.3, -0.25) is 7.74 Å². The highest BCUT2D eigenvalue weighted by molar-refractivity contribution is 7.84. The van der Waals surface area contributed by atoms with Crippen molar-refractivity contribution in [3.63, 3.8) is 0 Å². The summed E-state index contributed by atoms with van der Waals surface area (Å²) >= 11 is 0. The zero-order valence-corrected chi connectivity index (χ0v) is 9.15. The molecule has 0 unspecified atom stereocenters. The molecule has 0 aromatic rings. The van der Waals surface area contributed by atoms with Crippen molar-refractivity contribution in [2.45, 2.75) is 13.1 Å². The maximum absolute atomic E-state index is 11.8.